The standard InChI is InChI=1S/C15H13ClN4S.C2H7N/c1-8-14(21-9(2)19-8)13-12(17)7-18-15(20-13)10-4-3-5-11(16)6-10;1-3-2/h3-7H,17H2,1-2H3;3H,1-2H3. The second-order valence-electron chi connectivity index (χ2n) is 5.16. The third kappa shape index (κ3) is 4.29. The van der Waals surface area contributed by atoms with Crippen molar-refractivity contribution in [2.45, 2.75) is 13.8 Å². The van der Waals surface area contributed by atoms with Gasteiger partial charge < -0.3 is 11.1 Å². The summed E-state index contributed by atoms with van der Waals surface area (Å²) in [6, 6.07) is 7.45. The minimum Gasteiger partial charge on any atom is -0.396 e. The topological polar surface area (TPSA) is 76.7 Å². The van der Waals surface area contributed by atoms with Crippen LogP contribution < -0.4 is 11.1 Å². The Labute approximate surface area is 151 Å². The van der Waals surface area contributed by atoms with Crippen molar-refractivity contribution < 1.29 is 0 Å². The number of nitrogens with one attached hydrogen (secondary N) is 1. The molecule has 2 heterocycles. The number of anilines is 1. The van der Waals surface area contributed by atoms with E-state index in [1.165, 1.54) is 0 Å². The molecule has 24 heavy (non-hydrogen) atoms. The van der Waals surface area contributed by atoms with Gasteiger partial charge in [0.1, 0.15) is 5.69 Å². The van der Waals surface area contributed by atoms with Crippen molar-refractivity contribution in [3.05, 3.63) is 46.2 Å². The van der Waals surface area contributed by atoms with Gasteiger partial charge in [0.2, 0.25) is 0 Å². The van der Waals surface area contributed by atoms with Gasteiger partial charge in [-0.3, -0.25) is 0 Å². The largest absolute Gasteiger partial charge is 0.396 e. The van der Waals surface area contributed by atoms with Crippen molar-refractivity contribution in [3.63, 3.8) is 0 Å². The summed E-state index contributed by atoms with van der Waals surface area (Å²) in [7, 11) is 3.75. The number of halogens is 1. The van der Waals surface area contributed by atoms with Crippen LogP contribution in [0, 0.1) is 13.8 Å². The Morgan fingerprint density at radius 1 is 1.17 bits per heavy atom. The lowest BCUT2D eigenvalue weighted by molar-refractivity contribution is 1.02. The number of hydrogen-bond acceptors (Lipinski definition) is 6. The van der Waals surface area contributed by atoms with E-state index >= 15 is 0 Å². The number of aromatic nitrogens is 3. The number of nitrogens with two attached hydrogens (primary N) is 1. The predicted molar refractivity (Wildman–Crippen MR) is 102 cm³/mol. The normalized spacial score (nSPS) is 10.2. The van der Waals surface area contributed by atoms with Crippen LogP contribution in [-0.4, -0.2) is 29.0 Å². The number of rotatable bonds is 2. The number of aryl methyl sites for hydroxylation is 2. The molecule has 126 valence electrons. The van der Waals surface area contributed by atoms with Crippen molar-refractivity contribution in [2.75, 3.05) is 19.8 Å². The van der Waals surface area contributed by atoms with Crippen LogP contribution in [0.1, 0.15) is 10.7 Å². The molecule has 2 aromatic heterocycles. The van der Waals surface area contributed by atoms with Gasteiger partial charge in [0, 0.05) is 10.6 Å². The van der Waals surface area contributed by atoms with E-state index in [4.69, 9.17) is 17.3 Å². The third-order valence-corrected chi connectivity index (χ3v) is 4.33. The molecule has 0 spiro atoms. The first-order chi connectivity index (χ1) is 11.5. The highest BCUT2D eigenvalue weighted by Gasteiger charge is 2.14. The SMILES string of the molecule is CNC.Cc1nc(C)c(-c2nc(-c3cccc(Cl)c3)ncc2N)s1. The van der Waals surface area contributed by atoms with Gasteiger partial charge in [-0.2, -0.15) is 0 Å². The van der Waals surface area contributed by atoms with Crippen LogP contribution in [0.4, 0.5) is 5.69 Å². The lowest BCUT2D eigenvalue weighted by Crippen LogP contribution is -1.98. The van der Waals surface area contributed by atoms with E-state index < -0.39 is 0 Å². The van der Waals surface area contributed by atoms with Gasteiger partial charge in [-0.15, -0.1) is 11.3 Å². The van der Waals surface area contributed by atoms with Crippen LogP contribution in [0.3, 0.4) is 0 Å². The summed E-state index contributed by atoms with van der Waals surface area (Å²) >= 11 is 7.60. The Kier molecular flexibility index (Phi) is 6.25. The quantitative estimate of drug-likeness (QED) is 0.722. The molecule has 3 aromatic rings. The average molecular weight is 362 g/mol. The van der Waals surface area contributed by atoms with Crippen molar-refractivity contribution >= 4 is 28.6 Å². The summed E-state index contributed by atoms with van der Waals surface area (Å²) in [6.45, 7) is 3.93. The summed E-state index contributed by atoms with van der Waals surface area (Å²) < 4.78 is 0. The molecule has 0 saturated heterocycles. The highest BCUT2D eigenvalue weighted by atomic mass is 35.5. The van der Waals surface area contributed by atoms with E-state index in [9.17, 15) is 0 Å². The van der Waals surface area contributed by atoms with Crippen LogP contribution in [0.25, 0.3) is 22.0 Å². The molecular formula is C17H20ClN5S. The first-order valence-electron chi connectivity index (χ1n) is 7.37. The van der Waals surface area contributed by atoms with Gasteiger partial charge in [-0.25, -0.2) is 15.0 Å². The van der Waals surface area contributed by atoms with E-state index in [0.29, 0.717) is 16.5 Å². The summed E-state index contributed by atoms with van der Waals surface area (Å²) in [5.41, 5.74) is 9.10. The van der Waals surface area contributed by atoms with Crippen LogP contribution >= 0.6 is 22.9 Å². The van der Waals surface area contributed by atoms with Gasteiger partial charge in [-0.05, 0) is 40.1 Å². The Balaban J connectivity index is 0.000000647. The van der Waals surface area contributed by atoms with E-state index in [1.807, 2.05) is 52.2 Å². The predicted octanol–water partition coefficient (Wildman–Crippen LogP) is 3.96. The smallest absolute Gasteiger partial charge is 0.160 e. The molecule has 7 heteroatoms. The fourth-order valence-corrected chi connectivity index (χ4v) is 3.21. The lowest BCUT2D eigenvalue weighted by Gasteiger charge is -2.06. The van der Waals surface area contributed by atoms with Crippen molar-refractivity contribution in [1.82, 2.24) is 20.3 Å². The molecular weight excluding hydrogens is 342 g/mol. The van der Waals surface area contributed by atoms with Crippen molar-refractivity contribution in [2.24, 2.45) is 0 Å². The van der Waals surface area contributed by atoms with Crippen LogP contribution in [-0.2, 0) is 0 Å². The van der Waals surface area contributed by atoms with Crippen LogP contribution in [0.2, 0.25) is 5.02 Å². The van der Waals surface area contributed by atoms with Crippen molar-refractivity contribution in [1.29, 1.82) is 0 Å². The zero-order valence-electron chi connectivity index (χ0n) is 14.1. The maximum absolute atomic E-state index is 6.04. The molecule has 0 unspecified atom stereocenters. The number of thiazole rings is 1. The fraction of sp³-hybridized carbons (Fsp3) is 0.235. The highest BCUT2D eigenvalue weighted by Crippen LogP contribution is 2.33. The Morgan fingerprint density at radius 3 is 2.46 bits per heavy atom. The molecule has 5 nitrogen and oxygen atoms in total. The fourth-order valence-electron chi connectivity index (χ4n) is 2.09. The van der Waals surface area contributed by atoms with Crippen LogP contribution in [0.5, 0.6) is 0 Å². The van der Waals surface area contributed by atoms with Gasteiger partial charge >= 0.3 is 0 Å². The average Bonchev–Trinajstić information content (AvgIpc) is 2.87. The molecule has 0 aliphatic rings. The van der Waals surface area contributed by atoms with Crippen molar-refractivity contribution in [3.8, 4) is 22.0 Å². The van der Waals surface area contributed by atoms with E-state index in [-0.39, 0.29) is 0 Å². The van der Waals surface area contributed by atoms with Crippen LogP contribution in [0.15, 0.2) is 30.5 Å². The molecule has 3 N–H and O–H groups in total. The summed E-state index contributed by atoms with van der Waals surface area (Å²) in [6.07, 6.45) is 1.63. The van der Waals surface area contributed by atoms with E-state index in [1.54, 1.807) is 17.5 Å². The molecule has 0 fully saturated rings. The second-order valence-corrected chi connectivity index (χ2v) is 6.79. The molecule has 1 aromatic carbocycles. The monoisotopic (exact) mass is 361 g/mol. The lowest BCUT2D eigenvalue weighted by atomic mass is 10.2. The van der Waals surface area contributed by atoms with Gasteiger partial charge in [-0.1, -0.05) is 23.7 Å². The first-order valence-corrected chi connectivity index (χ1v) is 8.57. The number of nitrogens with zero attached hydrogens (tertiary/aromatic N) is 3. The number of benzene rings is 1. The Bertz CT molecular complexity index is 832. The molecule has 0 bridgehead atoms. The molecule has 0 radical (unpaired) electrons. The van der Waals surface area contributed by atoms with E-state index in [0.717, 1.165) is 26.8 Å². The zero-order valence-corrected chi connectivity index (χ0v) is 15.7. The molecule has 0 aliphatic carbocycles. The second kappa shape index (κ2) is 8.19. The highest BCUT2D eigenvalue weighted by molar-refractivity contribution is 7.15. The molecule has 3 rings (SSSR count). The van der Waals surface area contributed by atoms with E-state index in [2.05, 4.69) is 20.3 Å². The van der Waals surface area contributed by atoms with Gasteiger partial charge in [0.05, 0.1) is 27.5 Å². The Morgan fingerprint density at radius 2 is 1.88 bits per heavy atom. The molecule has 0 atom stereocenters. The third-order valence-electron chi connectivity index (χ3n) is 3.02. The molecule has 0 saturated carbocycles. The summed E-state index contributed by atoms with van der Waals surface area (Å²) in [5, 5.41) is 4.39. The minimum absolute atomic E-state index is 0.549. The number of hydrogen-bond donors (Lipinski definition) is 2. The molecule has 0 amide bonds. The first kappa shape index (κ1) is 18.3. The number of nitrogen functional groups attached to an aromatic ring is 1. The minimum atomic E-state index is 0.549. The van der Waals surface area contributed by atoms with Gasteiger partial charge in [0.25, 0.3) is 0 Å². The summed E-state index contributed by atoms with van der Waals surface area (Å²) in [4.78, 5) is 14.3. The summed E-state index contributed by atoms with van der Waals surface area (Å²) in [5.74, 6) is 0.604. The Hall–Kier alpha value is -2.02. The maximum atomic E-state index is 6.04. The van der Waals surface area contributed by atoms with Gasteiger partial charge in [0.15, 0.2) is 5.82 Å². The molecule has 0 aliphatic heterocycles. The maximum Gasteiger partial charge on any atom is 0.160 e. The zero-order chi connectivity index (χ0) is 17.7.